The van der Waals surface area contributed by atoms with E-state index < -0.39 is 12.2 Å². The number of carbonyl (C=O) groups excluding carboxylic acids is 2. The molecule has 0 aromatic heterocycles. The Bertz CT molecular complexity index is 544. The molecule has 6 nitrogen and oxygen atoms in total. The molecule has 1 heterocycles. The van der Waals surface area contributed by atoms with E-state index in [1.807, 2.05) is 0 Å². The summed E-state index contributed by atoms with van der Waals surface area (Å²) in [5, 5.41) is 9.93. The van der Waals surface area contributed by atoms with Gasteiger partial charge in [-0.25, -0.2) is 4.79 Å². The highest BCUT2D eigenvalue weighted by molar-refractivity contribution is 6.01. The number of anilines is 2. The highest BCUT2D eigenvalue weighted by Gasteiger charge is 2.37. The number of aliphatic hydroxyl groups is 1. The highest BCUT2D eigenvalue weighted by Crippen LogP contribution is 2.33. The summed E-state index contributed by atoms with van der Waals surface area (Å²) in [4.78, 5) is 24.9. The normalized spacial score (nSPS) is 22.1. The number of benzene rings is 1. The van der Waals surface area contributed by atoms with Crippen LogP contribution in [0.4, 0.5) is 11.4 Å². The molecular weight excluding hydrogens is 260 g/mol. The molecule has 0 bridgehead atoms. The standard InChI is InChI=1S/C14H18N2O4/c1-3-20-14(19)9-4-5-11(10(15)7-9)16-12(17)6-8(2)13(16)18/h4-5,7-8,12,17H,3,6,15H2,1-2H3. The molecule has 2 rings (SSSR count). The molecule has 6 heteroatoms. The third kappa shape index (κ3) is 2.46. The van der Waals surface area contributed by atoms with Crippen LogP contribution in [0.5, 0.6) is 0 Å². The molecule has 1 aliphatic heterocycles. The van der Waals surface area contributed by atoms with Crippen molar-refractivity contribution in [2.45, 2.75) is 26.5 Å². The molecule has 1 saturated heterocycles. The average molecular weight is 278 g/mol. The summed E-state index contributed by atoms with van der Waals surface area (Å²) < 4.78 is 4.88. The van der Waals surface area contributed by atoms with Gasteiger partial charge in [-0.05, 0) is 25.1 Å². The van der Waals surface area contributed by atoms with Gasteiger partial charge in [0.05, 0.1) is 23.5 Å². The quantitative estimate of drug-likeness (QED) is 0.639. The maximum absolute atomic E-state index is 12.0. The molecule has 0 aliphatic carbocycles. The number of nitrogen functional groups attached to an aromatic ring is 1. The van der Waals surface area contributed by atoms with Gasteiger partial charge in [-0.3, -0.25) is 9.69 Å². The number of hydrogen-bond donors (Lipinski definition) is 2. The van der Waals surface area contributed by atoms with Crippen LogP contribution in [0, 0.1) is 5.92 Å². The van der Waals surface area contributed by atoms with Crippen LogP contribution in [0.15, 0.2) is 18.2 Å². The van der Waals surface area contributed by atoms with E-state index in [1.165, 1.54) is 17.0 Å². The van der Waals surface area contributed by atoms with Crippen LogP contribution in [-0.2, 0) is 9.53 Å². The number of aliphatic hydroxyl groups excluding tert-OH is 1. The lowest BCUT2D eigenvalue weighted by molar-refractivity contribution is -0.120. The molecular formula is C14H18N2O4. The van der Waals surface area contributed by atoms with Crippen molar-refractivity contribution in [1.29, 1.82) is 0 Å². The average Bonchev–Trinajstić information content (AvgIpc) is 2.64. The molecule has 1 aromatic rings. The van der Waals surface area contributed by atoms with Gasteiger partial charge in [-0.1, -0.05) is 6.92 Å². The van der Waals surface area contributed by atoms with Gasteiger partial charge < -0.3 is 15.6 Å². The van der Waals surface area contributed by atoms with E-state index in [0.29, 0.717) is 17.7 Å². The summed E-state index contributed by atoms with van der Waals surface area (Å²) in [5.74, 6) is -0.880. The first-order valence-corrected chi connectivity index (χ1v) is 6.53. The number of nitrogens with two attached hydrogens (primary N) is 1. The Morgan fingerprint density at radius 3 is 2.75 bits per heavy atom. The minimum absolute atomic E-state index is 0.173. The second-order valence-electron chi connectivity index (χ2n) is 4.82. The minimum atomic E-state index is -0.881. The number of esters is 1. The Labute approximate surface area is 117 Å². The van der Waals surface area contributed by atoms with Crippen molar-refractivity contribution in [1.82, 2.24) is 0 Å². The summed E-state index contributed by atoms with van der Waals surface area (Å²) >= 11 is 0. The van der Waals surface area contributed by atoms with Crippen molar-refractivity contribution in [3.63, 3.8) is 0 Å². The molecule has 1 aromatic carbocycles. The Morgan fingerprint density at radius 2 is 2.25 bits per heavy atom. The zero-order chi connectivity index (χ0) is 14.9. The number of carbonyl (C=O) groups is 2. The smallest absolute Gasteiger partial charge is 0.338 e. The summed E-state index contributed by atoms with van der Waals surface area (Å²) in [6, 6.07) is 4.55. The lowest BCUT2D eigenvalue weighted by Gasteiger charge is -2.22. The maximum atomic E-state index is 12.0. The van der Waals surface area contributed by atoms with E-state index in [0.717, 1.165) is 0 Å². The Balaban J connectivity index is 2.31. The molecule has 1 fully saturated rings. The first kappa shape index (κ1) is 14.3. The Hall–Kier alpha value is -2.08. The van der Waals surface area contributed by atoms with Gasteiger partial charge in [-0.15, -0.1) is 0 Å². The minimum Gasteiger partial charge on any atom is -0.462 e. The van der Waals surface area contributed by atoms with E-state index in [1.54, 1.807) is 19.9 Å². The molecule has 2 unspecified atom stereocenters. The van der Waals surface area contributed by atoms with Crippen LogP contribution in [-0.4, -0.2) is 29.8 Å². The summed E-state index contributed by atoms with van der Waals surface area (Å²) in [6.45, 7) is 3.76. The first-order chi connectivity index (χ1) is 9.45. The van der Waals surface area contributed by atoms with E-state index >= 15 is 0 Å². The van der Waals surface area contributed by atoms with E-state index in [9.17, 15) is 14.7 Å². The molecule has 20 heavy (non-hydrogen) atoms. The molecule has 3 N–H and O–H groups in total. The molecule has 1 amide bonds. The van der Waals surface area contributed by atoms with Crippen LogP contribution >= 0.6 is 0 Å². The third-order valence-electron chi connectivity index (χ3n) is 3.32. The van der Waals surface area contributed by atoms with Gasteiger partial charge in [-0.2, -0.15) is 0 Å². The topological polar surface area (TPSA) is 92.9 Å². The van der Waals surface area contributed by atoms with Crippen LogP contribution in [0.1, 0.15) is 30.6 Å². The van der Waals surface area contributed by atoms with Crippen LogP contribution < -0.4 is 10.6 Å². The van der Waals surface area contributed by atoms with Crippen molar-refractivity contribution in [2.24, 2.45) is 5.92 Å². The lowest BCUT2D eigenvalue weighted by Crippen LogP contribution is -2.34. The Kier molecular flexibility index (Phi) is 3.94. The maximum Gasteiger partial charge on any atom is 0.338 e. The predicted octanol–water partition coefficient (Wildman–Crippen LogP) is 1.14. The van der Waals surface area contributed by atoms with Crippen molar-refractivity contribution >= 4 is 23.3 Å². The number of hydrogen-bond acceptors (Lipinski definition) is 5. The second kappa shape index (κ2) is 5.50. The fraction of sp³-hybridized carbons (Fsp3) is 0.429. The van der Waals surface area contributed by atoms with Crippen molar-refractivity contribution in [3.05, 3.63) is 23.8 Å². The van der Waals surface area contributed by atoms with Gasteiger partial charge in [0.25, 0.3) is 0 Å². The largest absolute Gasteiger partial charge is 0.462 e. The van der Waals surface area contributed by atoms with Gasteiger partial charge in [0.1, 0.15) is 6.23 Å². The zero-order valence-corrected chi connectivity index (χ0v) is 11.5. The molecule has 2 atom stereocenters. The molecule has 108 valence electrons. The van der Waals surface area contributed by atoms with Gasteiger partial charge in [0.2, 0.25) is 5.91 Å². The van der Waals surface area contributed by atoms with E-state index in [2.05, 4.69) is 0 Å². The SMILES string of the molecule is CCOC(=O)c1ccc(N2C(=O)C(C)CC2O)c(N)c1. The lowest BCUT2D eigenvalue weighted by atomic mass is 10.1. The first-order valence-electron chi connectivity index (χ1n) is 6.53. The summed E-state index contributed by atoms with van der Waals surface area (Å²) in [7, 11) is 0. The number of rotatable bonds is 3. The van der Waals surface area contributed by atoms with Gasteiger partial charge in [0, 0.05) is 12.3 Å². The predicted molar refractivity (Wildman–Crippen MR) is 74.1 cm³/mol. The number of ether oxygens (including phenoxy) is 1. The molecule has 1 aliphatic rings. The molecule has 0 saturated carbocycles. The van der Waals surface area contributed by atoms with Crippen molar-refractivity contribution in [3.8, 4) is 0 Å². The number of amides is 1. The fourth-order valence-electron chi connectivity index (χ4n) is 2.30. The van der Waals surface area contributed by atoms with Gasteiger partial charge in [0.15, 0.2) is 0 Å². The summed E-state index contributed by atoms with van der Waals surface area (Å²) in [6.07, 6.45) is -0.508. The van der Waals surface area contributed by atoms with Crippen LogP contribution in [0.2, 0.25) is 0 Å². The van der Waals surface area contributed by atoms with Crippen molar-refractivity contribution < 1.29 is 19.4 Å². The van der Waals surface area contributed by atoms with Gasteiger partial charge >= 0.3 is 5.97 Å². The van der Waals surface area contributed by atoms with Crippen molar-refractivity contribution in [2.75, 3.05) is 17.2 Å². The monoisotopic (exact) mass is 278 g/mol. The van der Waals surface area contributed by atoms with Crippen LogP contribution in [0.3, 0.4) is 0 Å². The molecule has 0 radical (unpaired) electrons. The van der Waals surface area contributed by atoms with Crippen LogP contribution in [0.25, 0.3) is 0 Å². The second-order valence-corrected chi connectivity index (χ2v) is 4.82. The fourth-order valence-corrected chi connectivity index (χ4v) is 2.30. The highest BCUT2D eigenvalue weighted by atomic mass is 16.5. The Morgan fingerprint density at radius 1 is 1.55 bits per heavy atom. The molecule has 0 spiro atoms. The zero-order valence-electron chi connectivity index (χ0n) is 11.5. The van der Waals surface area contributed by atoms with E-state index in [-0.39, 0.29) is 24.1 Å². The van der Waals surface area contributed by atoms with E-state index in [4.69, 9.17) is 10.5 Å². The number of nitrogens with zero attached hydrogens (tertiary/aromatic N) is 1. The summed E-state index contributed by atoms with van der Waals surface area (Å²) in [5.41, 5.74) is 6.89. The third-order valence-corrected chi connectivity index (χ3v) is 3.32.